The molecule has 1 aromatic heterocycles. The van der Waals surface area contributed by atoms with Crippen molar-refractivity contribution in [2.24, 2.45) is 5.92 Å². The number of anilines is 1. The van der Waals surface area contributed by atoms with Gasteiger partial charge < -0.3 is 10.3 Å². The lowest BCUT2D eigenvalue weighted by Gasteiger charge is -2.20. The minimum absolute atomic E-state index is 0.0369. The lowest BCUT2D eigenvalue weighted by atomic mass is 10.0. The van der Waals surface area contributed by atoms with E-state index in [0.29, 0.717) is 11.6 Å². The van der Waals surface area contributed by atoms with Gasteiger partial charge in [-0.2, -0.15) is 0 Å². The molecule has 0 saturated heterocycles. The first-order valence-electron chi connectivity index (χ1n) is 5.41. The molecule has 3 nitrogen and oxygen atoms in total. The van der Waals surface area contributed by atoms with Crippen molar-refractivity contribution >= 4 is 5.69 Å². The van der Waals surface area contributed by atoms with Crippen molar-refractivity contribution < 1.29 is 0 Å². The van der Waals surface area contributed by atoms with Crippen LogP contribution in [-0.2, 0) is 0 Å². The van der Waals surface area contributed by atoms with Gasteiger partial charge in [0, 0.05) is 17.8 Å². The molecule has 1 aromatic rings. The Morgan fingerprint density at radius 1 is 1.33 bits per heavy atom. The van der Waals surface area contributed by atoms with Gasteiger partial charge in [0.15, 0.2) is 0 Å². The fourth-order valence-corrected chi connectivity index (χ4v) is 2.00. The number of hydrogen-bond donors (Lipinski definition) is 1. The molecule has 2 N–H and O–H groups in total. The third kappa shape index (κ3) is 2.61. The molecule has 0 aliphatic carbocycles. The summed E-state index contributed by atoms with van der Waals surface area (Å²) in [6.45, 7) is 8.27. The predicted octanol–water partition coefficient (Wildman–Crippen LogP) is 2.35. The van der Waals surface area contributed by atoms with Gasteiger partial charge in [0.1, 0.15) is 0 Å². The molecule has 0 aliphatic rings. The fourth-order valence-electron chi connectivity index (χ4n) is 2.00. The van der Waals surface area contributed by atoms with Crippen LogP contribution in [0.3, 0.4) is 0 Å². The maximum atomic E-state index is 11.7. The Kier molecular flexibility index (Phi) is 3.56. The second-order valence-corrected chi connectivity index (χ2v) is 4.56. The molecule has 0 fully saturated rings. The maximum absolute atomic E-state index is 11.7. The molecule has 0 aliphatic heterocycles. The number of nitrogens with two attached hydrogens (primary N) is 1. The Morgan fingerprint density at radius 2 is 1.93 bits per heavy atom. The van der Waals surface area contributed by atoms with E-state index in [0.717, 1.165) is 12.1 Å². The molecule has 1 rings (SSSR count). The van der Waals surface area contributed by atoms with Gasteiger partial charge in [0.25, 0.3) is 5.56 Å². The molecule has 1 unspecified atom stereocenters. The normalized spacial score (nSPS) is 13.1. The van der Waals surface area contributed by atoms with Crippen molar-refractivity contribution in [1.29, 1.82) is 0 Å². The second-order valence-electron chi connectivity index (χ2n) is 4.56. The first-order chi connectivity index (χ1) is 6.93. The van der Waals surface area contributed by atoms with Gasteiger partial charge in [-0.15, -0.1) is 0 Å². The molecule has 0 spiro atoms. The van der Waals surface area contributed by atoms with Crippen LogP contribution in [-0.4, -0.2) is 4.57 Å². The summed E-state index contributed by atoms with van der Waals surface area (Å²) in [4.78, 5) is 11.7. The summed E-state index contributed by atoms with van der Waals surface area (Å²) in [5.74, 6) is 0.577. The average Bonchev–Trinajstić information content (AvgIpc) is 2.11. The van der Waals surface area contributed by atoms with Gasteiger partial charge in [-0.25, -0.2) is 0 Å². The van der Waals surface area contributed by atoms with Crippen molar-refractivity contribution in [1.82, 2.24) is 4.57 Å². The molecule has 0 amide bonds. The smallest absolute Gasteiger partial charge is 0.251 e. The van der Waals surface area contributed by atoms with Gasteiger partial charge in [0.2, 0.25) is 0 Å². The molecule has 0 radical (unpaired) electrons. The van der Waals surface area contributed by atoms with Gasteiger partial charge in [-0.3, -0.25) is 4.79 Å². The zero-order chi connectivity index (χ0) is 11.6. The second kappa shape index (κ2) is 4.51. The third-order valence-corrected chi connectivity index (χ3v) is 2.68. The number of hydrogen-bond acceptors (Lipinski definition) is 2. The SMILES string of the molecule is Cc1c(N)ccc(=O)n1C(C)CC(C)C. The van der Waals surface area contributed by atoms with Crippen LogP contribution < -0.4 is 11.3 Å². The Morgan fingerprint density at radius 3 is 2.47 bits per heavy atom. The van der Waals surface area contributed by atoms with E-state index in [9.17, 15) is 4.79 Å². The van der Waals surface area contributed by atoms with E-state index in [-0.39, 0.29) is 11.6 Å². The number of aromatic nitrogens is 1. The minimum Gasteiger partial charge on any atom is -0.397 e. The first-order valence-corrected chi connectivity index (χ1v) is 5.41. The van der Waals surface area contributed by atoms with Crippen LogP contribution in [0.5, 0.6) is 0 Å². The molecule has 0 bridgehead atoms. The van der Waals surface area contributed by atoms with E-state index in [4.69, 9.17) is 5.73 Å². The monoisotopic (exact) mass is 208 g/mol. The topological polar surface area (TPSA) is 48.0 Å². The zero-order valence-electron chi connectivity index (χ0n) is 9.95. The Hall–Kier alpha value is -1.25. The predicted molar refractivity (Wildman–Crippen MR) is 64.0 cm³/mol. The average molecular weight is 208 g/mol. The number of pyridine rings is 1. The molecular formula is C12H20N2O. The van der Waals surface area contributed by atoms with E-state index in [1.807, 2.05) is 6.92 Å². The highest BCUT2D eigenvalue weighted by Crippen LogP contribution is 2.18. The summed E-state index contributed by atoms with van der Waals surface area (Å²) in [6.07, 6.45) is 0.990. The van der Waals surface area contributed by atoms with Crippen LogP contribution in [0.15, 0.2) is 16.9 Å². The number of rotatable bonds is 3. The molecule has 0 aromatic carbocycles. The van der Waals surface area contributed by atoms with Gasteiger partial charge in [-0.1, -0.05) is 13.8 Å². The van der Waals surface area contributed by atoms with E-state index in [1.54, 1.807) is 16.7 Å². The van der Waals surface area contributed by atoms with Crippen molar-refractivity contribution in [3.05, 3.63) is 28.2 Å². The first kappa shape index (κ1) is 11.8. The molecular weight excluding hydrogens is 188 g/mol. The van der Waals surface area contributed by atoms with Gasteiger partial charge in [-0.05, 0) is 32.3 Å². The largest absolute Gasteiger partial charge is 0.397 e. The van der Waals surface area contributed by atoms with Crippen LogP contribution in [0.25, 0.3) is 0 Å². The standard InChI is InChI=1S/C12H20N2O/c1-8(2)7-9(3)14-10(4)11(13)5-6-12(14)15/h5-6,8-9H,7,13H2,1-4H3. The van der Waals surface area contributed by atoms with E-state index in [2.05, 4.69) is 20.8 Å². The molecule has 84 valence electrons. The van der Waals surface area contributed by atoms with Gasteiger partial charge in [0.05, 0.1) is 5.69 Å². The van der Waals surface area contributed by atoms with E-state index in [1.165, 1.54) is 0 Å². The van der Waals surface area contributed by atoms with Gasteiger partial charge >= 0.3 is 0 Å². The molecule has 0 saturated carbocycles. The van der Waals surface area contributed by atoms with E-state index >= 15 is 0 Å². The van der Waals surface area contributed by atoms with E-state index < -0.39 is 0 Å². The summed E-state index contributed by atoms with van der Waals surface area (Å²) in [5, 5.41) is 0. The molecule has 1 heterocycles. The van der Waals surface area contributed by atoms with Crippen molar-refractivity contribution in [2.45, 2.75) is 40.2 Å². The van der Waals surface area contributed by atoms with Crippen molar-refractivity contribution in [2.75, 3.05) is 5.73 Å². The molecule has 15 heavy (non-hydrogen) atoms. The third-order valence-electron chi connectivity index (χ3n) is 2.68. The summed E-state index contributed by atoms with van der Waals surface area (Å²) < 4.78 is 1.79. The van der Waals surface area contributed by atoms with Crippen LogP contribution >= 0.6 is 0 Å². The van der Waals surface area contributed by atoms with Crippen LogP contribution in [0.4, 0.5) is 5.69 Å². The number of nitrogens with zero attached hydrogens (tertiary/aromatic N) is 1. The zero-order valence-corrected chi connectivity index (χ0v) is 9.95. The summed E-state index contributed by atoms with van der Waals surface area (Å²) in [5.41, 5.74) is 7.39. The molecule has 1 atom stereocenters. The fraction of sp³-hybridized carbons (Fsp3) is 0.583. The van der Waals surface area contributed by atoms with Crippen LogP contribution in [0.1, 0.15) is 38.9 Å². The summed E-state index contributed by atoms with van der Waals surface area (Å²) >= 11 is 0. The summed E-state index contributed by atoms with van der Waals surface area (Å²) in [7, 11) is 0. The quantitative estimate of drug-likeness (QED) is 0.828. The van der Waals surface area contributed by atoms with Crippen molar-refractivity contribution in [3.63, 3.8) is 0 Å². The highest BCUT2D eigenvalue weighted by atomic mass is 16.1. The minimum atomic E-state index is 0.0369. The maximum Gasteiger partial charge on any atom is 0.251 e. The highest BCUT2D eigenvalue weighted by molar-refractivity contribution is 5.41. The highest BCUT2D eigenvalue weighted by Gasteiger charge is 2.12. The Balaban J connectivity index is 3.13. The Labute approximate surface area is 90.9 Å². The lowest BCUT2D eigenvalue weighted by molar-refractivity contribution is 0.413. The number of nitrogen functional groups attached to an aromatic ring is 1. The molecule has 3 heteroatoms. The van der Waals surface area contributed by atoms with Crippen molar-refractivity contribution in [3.8, 4) is 0 Å². The van der Waals surface area contributed by atoms with Crippen LogP contribution in [0, 0.1) is 12.8 Å². The Bertz CT molecular complexity index is 393. The lowest BCUT2D eigenvalue weighted by Crippen LogP contribution is -2.26. The van der Waals surface area contributed by atoms with Crippen LogP contribution in [0.2, 0.25) is 0 Å². The summed E-state index contributed by atoms with van der Waals surface area (Å²) in [6, 6.07) is 3.43.